The number of aromatic amines is 1. The molecule has 9 aromatic rings. The summed E-state index contributed by atoms with van der Waals surface area (Å²) in [5, 5.41) is 35.6. The van der Waals surface area contributed by atoms with Gasteiger partial charge < -0.3 is 67.3 Å². The van der Waals surface area contributed by atoms with E-state index in [9.17, 15) is 9.59 Å². The van der Waals surface area contributed by atoms with Crippen LogP contribution in [0.25, 0.3) is 57.3 Å². The zero-order chi connectivity index (χ0) is 76.4. The second kappa shape index (κ2) is 44.7. The van der Waals surface area contributed by atoms with Gasteiger partial charge in [0.25, 0.3) is 17.1 Å². The lowest BCUT2D eigenvalue weighted by atomic mass is 10.4. The van der Waals surface area contributed by atoms with Crippen molar-refractivity contribution in [2.45, 2.75) is 94.4 Å². The molecular formula is C61H70BrCl5N28O11. The quantitative estimate of drug-likeness (QED) is 0.00874. The van der Waals surface area contributed by atoms with Gasteiger partial charge in [-0.2, -0.15) is 0 Å². The summed E-state index contributed by atoms with van der Waals surface area (Å²) in [5.41, 5.74) is 31.2. The number of nitrogens with two attached hydrogens (primary N) is 6. The molecule has 106 heavy (non-hydrogen) atoms. The largest absolute Gasteiger partial charge is 0.599 e. The Morgan fingerprint density at radius 1 is 0.679 bits per heavy atom. The van der Waals surface area contributed by atoms with Gasteiger partial charge in [-0.05, 0) is 98.3 Å². The Balaban J connectivity index is 0.000000220. The number of rotatable bonds is 15. The standard InChI is InChI=1S/C13H11ClN6O.C10H13N5O2.C9H12N4O2.C8H9N5O.C6H4N2O2.C5H3BrClN.C3H4Cl2O2.C3H8N2.C3H2N2.CH3NO.ClH/c14-8-2-1-3-9(18-8)21-13-10-11(15)16-6-17-12(10)20(19-13)7-4-5-7;11-8-7-9(13-5-12-8)15(6-1-2-6)14-10(7)17-4-3-16;1-11-7-8(10)13(6-2-3-6)12-9(7)15-5-4-14;9-6-5-7(11-3-10-6)13(4-1-2-4)12-8(5)14;1-7-5(8-2)6-9-3-4-10-6;6-4-2-1-3-5(7)8-4;4-1-2-7-3(5)6;4-5-3-1-2-3;1-4-3-5-2;2-1-3;/h1-3,6-7H,4-5H2,(H2,15,16,17);5-6,16H,1-4H2,(H2,11,12,13);6,14H,2-5,10H2;3-4H,1-2H2,(H,12,14)(H2,9,10,11);3-4H2;1-3H;1-2H2;3,5H,1-2,4H2;3H2;1H,(H2,2,3);1H. The van der Waals surface area contributed by atoms with Gasteiger partial charge in [-0.3, -0.25) is 35.3 Å². The molecule has 0 aromatic carbocycles. The smallest absolute Gasteiger partial charge is 0.483 e. The summed E-state index contributed by atoms with van der Waals surface area (Å²) in [6, 6.07) is 12.6. The Kier molecular flexibility index (Phi) is 36.1. The Bertz CT molecular complexity index is 4610. The molecule has 1 aliphatic heterocycles. The normalized spacial score (nSPS) is 13.6. The number of primary amides is 1. The fourth-order valence-electron chi connectivity index (χ4n) is 8.24. The highest BCUT2D eigenvalue weighted by Gasteiger charge is 2.33. The number of hydrazine groups is 1. The van der Waals surface area contributed by atoms with Crippen LogP contribution in [0, 0.1) is 32.9 Å². The predicted octanol–water partition coefficient (Wildman–Crippen LogP) is 8.47. The third kappa shape index (κ3) is 27.0. The molecule has 6 fully saturated rings. The maximum absolute atomic E-state index is 11.5. The van der Waals surface area contributed by atoms with Gasteiger partial charge in [0.2, 0.25) is 24.1 Å². The second-order valence-corrected chi connectivity index (χ2v) is 23.6. The van der Waals surface area contributed by atoms with Crippen LogP contribution >= 0.6 is 74.7 Å². The first-order valence-electron chi connectivity index (χ1n) is 31.2. The van der Waals surface area contributed by atoms with E-state index in [1.165, 1.54) is 31.8 Å². The molecule has 0 atom stereocenters. The number of fused-ring (bicyclic) bond motifs is 3. The van der Waals surface area contributed by atoms with Crippen LogP contribution in [0.2, 0.25) is 10.3 Å². The molecule has 1 amide bonds. The molecule has 9 aromatic heterocycles. The summed E-state index contributed by atoms with van der Waals surface area (Å²) in [6.07, 6.45) is 15.6. The van der Waals surface area contributed by atoms with E-state index < -0.39 is 5.43 Å². The van der Waals surface area contributed by atoms with E-state index in [4.69, 9.17) is 147 Å². The zero-order valence-corrected chi connectivity index (χ0v) is 61.3. The number of carbonyl (C=O) groups is 2. The highest BCUT2D eigenvalue weighted by Crippen LogP contribution is 2.44. The molecule has 562 valence electrons. The topological polar surface area (TPSA) is 514 Å². The molecular weight excluding hydrogens is 1560 g/mol. The number of aliphatic hydroxyl groups is 2. The first-order chi connectivity index (χ1) is 50.8. The molecule has 45 heteroatoms. The third-order valence-electron chi connectivity index (χ3n) is 13.5. The van der Waals surface area contributed by atoms with Crippen molar-refractivity contribution in [3.05, 3.63) is 149 Å². The van der Waals surface area contributed by atoms with Crippen molar-refractivity contribution in [3.63, 3.8) is 0 Å². The minimum atomic E-state index is -0.805. The number of halogens is 6. The molecule has 0 unspecified atom stereocenters. The highest BCUT2D eigenvalue weighted by atomic mass is 79.9. The lowest BCUT2D eigenvalue weighted by Crippen LogP contribution is -2.23. The summed E-state index contributed by atoms with van der Waals surface area (Å²) >= 11 is 24.4. The van der Waals surface area contributed by atoms with Crippen LogP contribution < -0.4 is 59.7 Å². The van der Waals surface area contributed by atoms with Gasteiger partial charge in [-0.15, -0.1) is 49.0 Å². The molecule has 5 saturated carbocycles. The number of pyridine rings is 2. The van der Waals surface area contributed by atoms with Gasteiger partial charge >= 0.3 is 23.9 Å². The average Bonchev–Trinajstić information content (AvgIpc) is 1.63. The SMILES string of the molecule is Cl.Clc1cccc(Br)n1.NC=O.NNC1CC1.Nc1ncnc2c1c(=O)[nH]n2C1CC1.Nc1ncnc2c1c(OCCO)nn2C1CC1.Nc1ncnc2c1c(Oc1cccc(Cl)n1)nn2C1CC1.O=C(Cl)OCCCl.[C-]#[N+]C([N+]#[C-])=C1OCCO1.[C-]#[N+]C[N+]#[C-].[C-]#[N+]c1c(OCCO)nn(C2CC2)c1N. The number of carbonyl (C=O) groups excluding carboxylic acids is 2. The van der Waals surface area contributed by atoms with Gasteiger partial charge in [-0.25, -0.2) is 81.7 Å². The molecule has 0 radical (unpaired) electrons. The van der Waals surface area contributed by atoms with E-state index in [-0.39, 0.29) is 93.2 Å². The molecule has 0 spiro atoms. The van der Waals surface area contributed by atoms with E-state index in [0.717, 1.165) is 56.0 Å². The number of anilines is 4. The van der Waals surface area contributed by atoms with Crippen molar-refractivity contribution in [3.8, 4) is 23.5 Å². The van der Waals surface area contributed by atoms with Crippen molar-refractivity contribution >= 4 is 149 Å². The van der Waals surface area contributed by atoms with Crippen molar-refractivity contribution in [2.24, 2.45) is 11.6 Å². The summed E-state index contributed by atoms with van der Waals surface area (Å²) in [4.78, 5) is 76.6. The predicted molar refractivity (Wildman–Crippen MR) is 395 cm³/mol. The average molecular weight is 1630 g/mol. The zero-order valence-electron chi connectivity index (χ0n) is 55.9. The van der Waals surface area contributed by atoms with Crippen LogP contribution in [0.1, 0.15) is 88.4 Å². The van der Waals surface area contributed by atoms with E-state index in [1.807, 2.05) is 21.5 Å². The minimum Gasteiger partial charge on any atom is -0.483 e. The number of hydrogen-bond acceptors (Lipinski definition) is 28. The van der Waals surface area contributed by atoms with Gasteiger partial charge in [0.1, 0.15) is 120 Å². The molecule has 39 nitrogen and oxygen atoms in total. The Hall–Kier alpha value is -10.9. The summed E-state index contributed by atoms with van der Waals surface area (Å²) < 4.78 is 37.9. The van der Waals surface area contributed by atoms with E-state index in [2.05, 4.69) is 116 Å². The molecule has 1 saturated heterocycles. The van der Waals surface area contributed by atoms with Crippen molar-refractivity contribution in [2.75, 3.05) is 81.7 Å². The monoisotopic (exact) mass is 1620 g/mol. The van der Waals surface area contributed by atoms with E-state index in [1.54, 1.807) is 33.6 Å². The van der Waals surface area contributed by atoms with Gasteiger partial charge in [0, 0.05) is 23.7 Å². The minimum absolute atomic E-state index is 0. The highest BCUT2D eigenvalue weighted by molar-refractivity contribution is 9.10. The summed E-state index contributed by atoms with van der Waals surface area (Å²) in [7, 11) is 0. The van der Waals surface area contributed by atoms with Crippen LogP contribution in [0.15, 0.2) is 76.5 Å². The number of hydrogen-bond donors (Lipinski definition) is 10. The van der Waals surface area contributed by atoms with Crippen LogP contribution in [-0.2, 0) is 19.0 Å². The van der Waals surface area contributed by atoms with Crippen LogP contribution in [-0.4, -0.2) is 166 Å². The Morgan fingerprint density at radius 2 is 1.15 bits per heavy atom. The van der Waals surface area contributed by atoms with Crippen LogP contribution in [0.3, 0.4) is 0 Å². The number of aliphatic hydroxyl groups excluding tert-OH is 2. The number of nitrogens with zero attached hydrogens (tertiary/aromatic N) is 20. The lowest BCUT2D eigenvalue weighted by molar-refractivity contribution is -0.106. The molecule has 16 N–H and O–H groups in total. The molecule has 0 bridgehead atoms. The molecule has 5 aliphatic carbocycles. The number of aromatic nitrogens is 16. The molecule has 10 heterocycles. The number of H-pyrrole nitrogens is 1. The van der Waals surface area contributed by atoms with E-state index >= 15 is 0 Å². The fraction of sp³-hybridized carbons (Fsp3) is 0.393. The molecule has 15 rings (SSSR count). The number of nitrogen functional groups attached to an aromatic ring is 4. The first-order valence-corrected chi connectivity index (χ1v) is 33.6. The fourth-order valence-corrected chi connectivity index (χ4v) is 9.16. The maximum Gasteiger partial charge on any atom is 0.599 e. The van der Waals surface area contributed by atoms with Gasteiger partial charge in [-0.1, -0.05) is 35.3 Å². The Morgan fingerprint density at radius 3 is 1.56 bits per heavy atom. The third-order valence-corrected chi connectivity index (χ3v) is 14.6. The summed E-state index contributed by atoms with van der Waals surface area (Å²) in [5.74, 6) is 7.86. The van der Waals surface area contributed by atoms with E-state index in [0.29, 0.717) is 128 Å². The van der Waals surface area contributed by atoms with Crippen molar-refractivity contribution in [1.82, 2.24) is 84.4 Å². The van der Waals surface area contributed by atoms with Crippen molar-refractivity contribution < 1.29 is 48.2 Å². The number of amides is 1. The van der Waals surface area contributed by atoms with Crippen molar-refractivity contribution in [1.29, 1.82) is 0 Å². The lowest BCUT2D eigenvalue weighted by Gasteiger charge is -2.02. The van der Waals surface area contributed by atoms with Crippen LogP contribution in [0.4, 0.5) is 33.8 Å². The number of ether oxygens (including phenoxy) is 6. The van der Waals surface area contributed by atoms with Crippen LogP contribution in [0.5, 0.6) is 23.5 Å². The van der Waals surface area contributed by atoms with Gasteiger partial charge in [0.05, 0.1) is 49.8 Å². The molecule has 6 aliphatic rings. The first kappa shape index (κ1) is 85.7. The number of alkyl halides is 1. The number of nitrogens with one attached hydrogen (secondary N) is 2. The Labute approximate surface area is 638 Å². The summed E-state index contributed by atoms with van der Waals surface area (Å²) in [6.45, 7) is 33.2. The van der Waals surface area contributed by atoms with Gasteiger partial charge in [0.15, 0.2) is 16.9 Å². The maximum atomic E-state index is 11.5. The second-order valence-electron chi connectivity index (χ2n) is 21.4.